The van der Waals surface area contributed by atoms with Crippen molar-refractivity contribution in [2.75, 3.05) is 7.11 Å². The number of urea groups is 1. The van der Waals surface area contributed by atoms with Crippen molar-refractivity contribution in [2.24, 2.45) is 4.99 Å². The molecule has 0 spiro atoms. The number of methoxy groups -OCH3 is 1. The summed E-state index contributed by atoms with van der Waals surface area (Å²) in [5.74, 6) is 0.0629. The predicted octanol–water partition coefficient (Wildman–Crippen LogP) is 3.89. The molecule has 0 aromatic carbocycles. The average molecular weight is 328 g/mol. The maximum atomic E-state index is 12.8. The van der Waals surface area contributed by atoms with E-state index in [9.17, 15) is 9.18 Å². The van der Waals surface area contributed by atoms with Crippen LogP contribution < -0.4 is 10.6 Å². The Hall–Kier alpha value is -2.34. The molecule has 0 bridgehead atoms. The highest BCUT2D eigenvalue weighted by Gasteiger charge is 2.02. The second-order valence-corrected chi connectivity index (χ2v) is 4.40. The summed E-state index contributed by atoms with van der Waals surface area (Å²) in [5.41, 5.74) is 0.639. The van der Waals surface area contributed by atoms with Crippen LogP contribution in [0, 0.1) is 0 Å². The van der Waals surface area contributed by atoms with E-state index < -0.39 is 11.9 Å². The van der Waals surface area contributed by atoms with Crippen LogP contribution in [0.15, 0.2) is 64.4 Å². The molecule has 22 heavy (non-hydrogen) atoms. The van der Waals surface area contributed by atoms with E-state index in [1.807, 2.05) is 0 Å². The van der Waals surface area contributed by atoms with Gasteiger partial charge in [-0.3, -0.25) is 5.32 Å². The fraction of sp³-hybridized carbons (Fsp3) is 0.200. The van der Waals surface area contributed by atoms with Gasteiger partial charge in [-0.2, -0.15) is 0 Å². The second kappa shape index (κ2) is 10.4. The molecule has 5 nitrogen and oxygen atoms in total. The molecule has 0 unspecified atom stereocenters. The van der Waals surface area contributed by atoms with Gasteiger partial charge in [-0.1, -0.05) is 24.8 Å². The molecule has 120 valence electrons. The highest BCUT2D eigenvalue weighted by molar-refractivity contribution is 6.31. The summed E-state index contributed by atoms with van der Waals surface area (Å²) in [4.78, 5) is 15.5. The van der Waals surface area contributed by atoms with Crippen LogP contribution in [0.3, 0.4) is 0 Å². The maximum absolute atomic E-state index is 12.8. The molecule has 0 aliphatic heterocycles. The Labute approximate surface area is 134 Å². The highest BCUT2D eigenvalue weighted by atomic mass is 35.5. The lowest BCUT2D eigenvalue weighted by Crippen LogP contribution is -2.33. The van der Waals surface area contributed by atoms with Crippen molar-refractivity contribution in [3.05, 3.63) is 59.4 Å². The summed E-state index contributed by atoms with van der Waals surface area (Å²) in [5, 5.41) is 4.66. The van der Waals surface area contributed by atoms with Gasteiger partial charge in [0.25, 0.3) is 0 Å². The molecule has 0 aliphatic carbocycles. The summed E-state index contributed by atoms with van der Waals surface area (Å²) in [7, 11) is 1.52. The van der Waals surface area contributed by atoms with Crippen molar-refractivity contribution >= 4 is 24.0 Å². The number of aliphatic imine (C=N–C) groups is 1. The number of halogens is 2. The third-order valence-corrected chi connectivity index (χ3v) is 2.58. The average Bonchev–Trinajstić information content (AvgIpc) is 2.45. The molecule has 2 amide bonds. The third kappa shape index (κ3) is 8.76. The standard InChI is InChI=1S/C15H19ClFN3O2/c1-6-13(8-14(16)12(4)17)20-15(21)19-9-18-10(2)7-11(3)22-5/h6-9H,1-2H2,3-5H3,(H2,18,19,20,21)/b11-7+,13-8+,14-12-. The maximum Gasteiger partial charge on any atom is 0.324 e. The molecule has 7 heteroatoms. The van der Waals surface area contributed by atoms with Crippen molar-refractivity contribution < 1.29 is 13.9 Å². The molecular formula is C15H19ClFN3O2. The van der Waals surface area contributed by atoms with E-state index in [0.29, 0.717) is 11.5 Å². The zero-order valence-corrected chi connectivity index (χ0v) is 13.5. The topological polar surface area (TPSA) is 62.7 Å². The minimum absolute atomic E-state index is 0.127. The number of carbonyl (C=O) groups is 1. The van der Waals surface area contributed by atoms with E-state index in [0.717, 1.165) is 6.34 Å². The molecule has 0 saturated carbocycles. The highest BCUT2D eigenvalue weighted by Crippen LogP contribution is 2.13. The molecule has 0 aromatic heterocycles. The van der Waals surface area contributed by atoms with E-state index >= 15 is 0 Å². The number of nitrogens with zero attached hydrogens (tertiary/aromatic N) is 1. The largest absolute Gasteiger partial charge is 0.501 e. The van der Waals surface area contributed by atoms with Gasteiger partial charge in [-0.05, 0) is 26.0 Å². The Bertz CT molecular complexity index is 559. The van der Waals surface area contributed by atoms with Crippen molar-refractivity contribution in [2.45, 2.75) is 13.8 Å². The van der Waals surface area contributed by atoms with E-state index in [1.54, 1.807) is 13.0 Å². The Balaban J connectivity index is 4.60. The van der Waals surface area contributed by atoms with E-state index in [4.69, 9.17) is 16.3 Å². The molecular weight excluding hydrogens is 309 g/mol. The Morgan fingerprint density at radius 3 is 2.50 bits per heavy atom. The minimum atomic E-state index is -0.587. The van der Waals surface area contributed by atoms with Crippen molar-refractivity contribution in [3.63, 3.8) is 0 Å². The van der Waals surface area contributed by atoms with Crippen molar-refractivity contribution in [3.8, 4) is 0 Å². The summed E-state index contributed by atoms with van der Waals surface area (Å²) < 4.78 is 17.8. The van der Waals surface area contributed by atoms with Crippen molar-refractivity contribution in [1.82, 2.24) is 10.6 Å². The Morgan fingerprint density at radius 2 is 2.00 bits per heavy atom. The Kier molecular flexibility index (Phi) is 9.29. The number of hydrogen-bond donors (Lipinski definition) is 2. The van der Waals surface area contributed by atoms with Gasteiger partial charge in [0.1, 0.15) is 5.83 Å². The molecule has 0 rings (SSSR count). The number of nitrogens with one attached hydrogen (secondary N) is 2. The fourth-order valence-electron chi connectivity index (χ4n) is 1.05. The van der Waals surface area contributed by atoms with Gasteiger partial charge in [-0.25, -0.2) is 14.2 Å². The quantitative estimate of drug-likeness (QED) is 0.322. The van der Waals surface area contributed by atoms with Crippen LogP contribution in [-0.2, 0) is 4.74 Å². The first-order chi connectivity index (χ1) is 10.3. The van der Waals surface area contributed by atoms with Gasteiger partial charge in [0.05, 0.1) is 29.9 Å². The summed E-state index contributed by atoms with van der Waals surface area (Å²) in [6.07, 6.45) is 5.32. The number of amides is 2. The number of allylic oxidation sites excluding steroid dienone is 6. The minimum Gasteiger partial charge on any atom is -0.501 e. The van der Waals surface area contributed by atoms with Crippen molar-refractivity contribution in [1.29, 1.82) is 0 Å². The SMILES string of the molecule is C=C/C(=C\C(Cl)=C(/C)F)NC(=O)NC=NC(=C)/C=C(\C)OC. The monoisotopic (exact) mass is 327 g/mol. The van der Waals surface area contributed by atoms with E-state index in [2.05, 4.69) is 28.8 Å². The lowest BCUT2D eigenvalue weighted by molar-refractivity contribution is 0.248. The molecule has 2 N–H and O–H groups in total. The van der Waals surface area contributed by atoms with Crippen LogP contribution in [0.1, 0.15) is 13.8 Å². The van der Waals surface area contributed by atoms with Gasteiger partial charge in [0, 0.05) is 11.8 Å². The van der Waals surface area contributed by atoms with Gasteiger partial charge in [0.2, 0.25) is 0 Å². The second-order valence-electron chi connectivity index (χ2n) is 3.99. The van der Waals surface area contributed by atoms with Crippen LogP contribution >= 0.6 is 11.6 Å². The normalized spacial score (nSPS) is 13.5. The van der Waals surface area contributed by atoms with Crippen LogP contribution in [0.5, 0.6) is 0 Å². The predicted molar refractivity (Wildman–Crippen MR) is 88.0 cm³/mol. The van der Waals surface area contributed by atoms with Crippen LogP contribution in [0.25, 0.3) is 0 Å². The number of ether oxygens (including phenoxy) is 1. The number of carbonyl (C=O) groups excluding carboxylic acids is 1. The van der Waals surface area contributed by atoms with Crippen LogP contribution in [0.4, 0.5) is 9.18 Å². The Morgan fingerprint density at radius 1 is 1.36 bits per heavy atom. The number of rotatable bonds is 7. The molecule has 0 fully saturated rings. The lowest BCUT2D eigenvalue weighted by atomic mass is 10.3. The summed E-state index contributed by atoms with van der Waals surface area (Å²) in [6.45, 7) is 10.1. The molecule has 0 atom stereocenters. The van der Waals surface area contributed by atoms with Crippen LogP contribution in [-0.4, -0.2) is 19.5 Å². The summed E-state index contributed by atoms with van der Waals surface area (Å²) in [6, 6.07) is -0.587. The first-order valence-electron chi connectivity index (χ1n) is 6.17. The zero-order valence-electron chi connectivity index (χ0n) is 12.7. The van der Waals surface area contributed by atoms with Gasteiger partial charge < -0.3 is 10.1 Å². The van der Waals surface area contributed by atoms with E-state index in [1.165, 1.54) is 26.2 Å². The molecule has 0 aliphatic rings. The fourth-order valence-corrected chi connectivity index (χ4v) is 1.17. The first kappa shape index (κ1) is 19.7. The van der Waals surface area contributed by atoms with Crippen LogP contribution in [0.2, 0.25) is 0 Å². The molecule has 0 heterocycles. The van der Waals surface area contributed by atoms with E-state index in [-0.39, 0.29) is 10.7 Å². The van der Waals surface area contributed by atoms with Gasteiger partial charge >= 0.3 is 6.03 Å². The molecule has 0 saturated heterocycles. The first-order valence-corrected chi connectivity index (χ1v) is 6.55. The lowest BCUT2D eigenvalue weighted by Gasteiger charge is -2.05. The van der Waals surface area contributed by atoms with Gasteiger partial charge in [-0.15, -0.1) is 0 Å². The number of hydrogen-bond acceptors (Lipinski definition) is 3. The third-order valence-electron chi connectivity index (χ3n) is 2.21. The zero-order chi connectivity index (χ0) is 17.1. The molecule has 0 radical (unpaired) electrons. The smallest absolute Gasteiger partial charge is 0.324 e. The van der Waals surface area contributed by atoms with Gasteiger partial charge in [0.15, 0.2) is 0 Å². The molecule has 0 aromatic rings. The summed E-state index contributed by atoms with van der Waals surface area (Å²) >= 11 is 5.63.